The van der Waals surface area contributed by atoms with Crippen molar-refractivity contribution in [3.63, 3.8) is 0 Å². The number of unbranched alkanes of at least 4 members (excludes halogenated alkanes) is 1. The summed E-state index contributed by atoms with van der Waals surface area (Å²) in [5.41, 5.74) is 12.4. The Morgan fingerprint density at radius 2 is 1.76 bits per heavy atom. The first-order valence-electron chi connectivity index (χ1n) is 10.0. The van der Waals surface area contributed by atoms with E-state index in [1.165, 1.54) is 22.3 Å². The van der Waals surface area contributed by atoms with E-state index < -0.39 is 22.9 Å². The van der Waals surface area contributed by atoms with E-state index in [0.29, 0.717) is 0 Å². The largest absolute Gasteiger partial charge is 0.179 e. The fourth-order valence-corrected chi connectivity index (χ4v) is 2.97. The molecule has 6 heteroatoms. The molecule has 0 fully saturated rings. The molecule has 1 unspecified atom stereocenters. The number of rotatable bonds is 5. The van der Waals surface area contributed by atoms with Gasteiger partial charge >= 0.3 is 35.6 Å². The number of amides is 1. The normalized spacial score (nSPS) is 11.1. The van der Waals surface area contributed by atoms with Gasteiger partial charge in [0.1, 0.15) is 0 Å². The summed E-state index contributed by atoms with van der Waals surface area (Å²) < 4.78 is 0. The topological polar surface area (TPSA) is 40.9 Å². The molecule has 0 aromatic heterocycles. The van der Waals surface area contributed by atoms with E-state index in [1.54, 1.807) is 0 Å². The van der Waals surface area contributed by atoms with Crippen molar-refractivity contribution in [3.8, 4) is 11.1 Å². The molecular weight excluding hydrogens is 453 g/mol. The minimum absolute atomic E-state index is 0.0000463. The summed E-state index contributed by atoms with van der Waals surface area (Å²) in [5, 5.41) is 0. The van der Waals surface area contributed by atoms with E-state index in [1.807, 2.05) is 13.0 Å². The molecule has 0 saturated heterocycles. The maximum absolute atomic E-state index is 10.5. The number of carbonyl (C=O) groups excluding carboxylic acids is 1. The third-order valence-corrected chi connectivity index (χ3v) is 4.39. The van der Waals surface area contributed by atoms with Gasteiger partial charge in [0.2, 0.25) is 0 Å². The molecule has 1 atom stereocenters. The quantitative estimate of drug-likeness (QED) is 0.269. The van der Waals surface area contributed by atoms with Gasteiger partial charge in [-0.25, -0.2) is 0 Å². The molecule has 29 heavy (non-hydrogen) atoms. The summed E-state index contributed by atoms with van der Waals surface area (Å²) in [6, 6.07) is 18.1. The summed E-state index contributed by atoms with van der Waals surface area (Å²) in [6.45, 7) is 8.48. The first-order valence-corrected chi connectivity index (χ1v) is 16.6. The van der Waals surface area contributed by atoms with E-state index in [2.05, 4.69) is 62.5 Å². The second-order valence-corrected chi connectivity index (χ2v) is 10.4. The predicted molar refractivity (Wildman–Crippen MR) is 127 cm³/mol. The molecule has 0 aliphatic heterocycles. The van der Waals surface area contributed by atoms with Crippen LogP contribution in [0, 0.1) is 12.0 Å². The molecular formula is C23H32Cl2NOSiTi-2. The number of hydrogen-bond donors (Lipinski definition) is 0. The molecule has 0 spiro atoms. The van der Waals surface area contributed by atoms with Gasteiger partial charge in [0.25, 0.3) is 0 Å². The third-order valence-electron chi connectivity index (χ3n) is 4.39. The molecule has 0 saturated carbocycles. The van der Waals surface area contributed by atoms with Gasteiger partial charge < -0.3 is 10.5 Å². The molecule has 1 aliphatic rings. The average molecular weight is 485 g/mol. The van der Waals surface area contributed by atoms with Crippen LogP contribution in [0.3, 0.4) is 0 Å². The predicted octanol–water partition coefficient (Wildman–Crippen LogP) is 7.74. The molecule has 1 N–H and O–H groups in total. The number of carbonyl (C=O) groups is 1. The van der Waals surface area contributed by atoms with Crippen LogP contribution < -0.4 is 0 Å². The van der Waals surface area contributed by atoms with Gasteiger partial charge in [-0.05, 0) is 25.2 Å². The van der Waals surface area contributed by atoms with Gasteiger partial charge in [0.05, 0.1) is 5.91 Å². The Kier molecular flexibility index (Phi) is 17.8. The van der Waals surface area contributed by atoms with Gasteiger partial charge in [-0.2, -0.15) is 29.8 Å². The van der Waals surface area contributed by atoms with Crippen molar-refractivity contribution in [2.24, 2.45) is 5.92 Å². The smallest absolute Gasteiger partial charge is 0.0253 e. The minimum atomic E-state index is -0.556. The van der Waals surface area contributed by atoms with E-state index >= 15 is 0 Å². The zero-order chi connectivity index (χ0) is 22.1. The zero-order valence-corrected chi connectivity index (χ0v) is 22.1. The average Bonchev–Trinajstić information content (AvgIpc) is 3.09. The van der Waals surface area contributed by atoms with Gasteiger partial charge in [0, 0.05) is 9.52 Å². The first kappa shape index (κ1) is 28.4. The summed E-state index contributed by atoms with van der Waals surface area (Å²) in [6.07, 6.45) is 4.96. The molecule has 159 valence electrons. The number of fused-ring (bicyclic) bond motifs is 3. The Labute approximate surface area is 196 Å². The molecule has 3 rings (SSSR count). The molecule has 1 radical (unpaired) electrons. The van der Waals surface area contributed by atoms with Crippen LogP contribution in [0.2, 0.25) is 13.1 Å². The maximum Gasteiger partial charge on any atom is -0.0253 e. The number of nitrogens with one attached hydrogen (secondary N) is 1. The van der Waals surface area contributed by atoms with Gasteiger partial charge in [-0.1, -0.05) is 75.2 Å². The molecule has 0 bridgehead atoms. The summed E-state index contributed by atoms with van der Waals surface area (Å²) >= 11 is -0.556. The maximum atomic E-state index is 10.5. The molecule has 2 aromatic rings. The van der Waals surface area contributed by atoms with Crippen LogP contribution in [-0.2, 0) is 28.2 Å². The monoisotopic (exact) mass is 484 g/mol. The summed E-state index contributed by atoms with van der Waals surface area (Å²) in [4.78, 5) is 10.5. The molecule has 1 aliphatic carbocycles. The minimum Gasteiger partial charge on any atom is -0.179 e. The second kappa shape index (κ2) is 18.2. The van der Waals surface area contributed by atoms with Crippen LogP contribution in [0.5, 0.6) is 0 Å². The van der Waals surface area contributed by atoms with Crippen LogP contribution in [0.1, 0.15) is 50.7 Å². The zero-order valence-electron chi connectivity index (χ0n) is 17.9. The number of hydrogen-bond acceptors (Lipinski definition) is 1. The Bertz CT molecular complexity index is 655. The first-order chi connectivity index (χ1) is 14.0. The van der Waals surface area contributed by atoms with Crippen molar-refractivity contribution in [1.82, 2.24) is 0 Å². The summed E-state index contributed by atoms with van der Waals surface area (Å²) in [5.74, 6) is -0.393. The van der Waals surface area contributed by atoms with Crippen molar-refractivity contribution in [1.29, 1.82) is 0 Å². The fourth-order valence-electron chi connectivity index (χ4n) is 2.97. The van der Waals surface area contributed by atoms with Crippen molar-refractivity contribution in [3.05, 3.63) is 65.4 Å². The van der Waals surface area contributed by atoms with Crippen molar-refractivity contribution >= 4 is 34.0 Å². The second-order valence-electron chi connectivity index (χ2n) is 6.66. The van der Waals surface area contributed by atoms with Crippen LogP contribution >= 0.6 is 18.6 Å². The van der Waals surface area contributed by atoms with E-state index in [9.17, 15) is 4.79 Å². The van der Waals surface area contributed by atoms with E-state index in [4.69, 9.17) is 24.3 Å². The standard InChI is InChI=1S/C13H9.C8H17NO.C2H7Si.2ClH.Ti/c1-3-7-12-10(5-1)9-11-6-2-4-8-13(11)12;1-3-5-6-7(4-2)8(9)10;1-3-2;;;/h1-5,7-8H,9H2;7H,3-6H2,1-2H3,(H2,9,10);3H,1-2H3;2*1H;/q-1;;;;;+2/p-3. The molecule has 2 aromatic carbocycles. The fraction of sp³-hybridized carbons (Fsp3) is 0.435. The Hall–Kier alpha value is -0.579. The molecule has 0 heterocycles. The SMILES string of the molecule is CCCCC(CC)C([NH-])=O.C[SiH]C.[Cl][Ti][Cl].[c-]1cccc2c1Cc1ccccc1-2. The Morgan fingerprint density at radius 3 is 2.31 bits per heavy atom. The van der Waals surface area contributed by atoms with E-state index in [0.717, 1.165) is 41.6 Å². The number of halogens is 2. The van der Waals surface area contributed by atoms with Gasteiger partial charge in [0.15, 0.2) is 0 Å². The number of benzene rings is 2. The van der Waals surface area contributed by atoms with Crippen LogP contribution in [0.4, 0.5) is 0 Å². The Morgan fingerprint density at radius 1 is 1.17 bits per heavy atom. The molecule has 2 nitrogen and oxygen atoms in total. The van der Waals surface area contributed by atoms with Crippen LogP contribution in [0.25, 0.3) is 16.9 Å². The molecule has 1 amide bonds. The van der Waals surface area contributed by atoms with Crippen molar-refractivity contribution in [2.75, 3.05) is 0 Å². The van der Waals surface area contributed by atoms with Gasteiger partial charge in [-0.15, -0.1) is 5.56 Å². The summed E-state index contributed by atoms with van der Waals surface area (Å²) in [7, 11) is 10.5. The third kappa shape index (κ3) is 11.4. The van der Waals surface area contributed by atoms with Crippen LogP contribution in [-0.4, -0.2) is 15.4 Å². The van der Waals surface area contributed by atoms with Crippen molar-refractivity contribution < 1.29 is 21.8 Å². The van der Waals surface area contributed by atoms with Crippen LogP contribution in [0.15, 0.2) is 42.5 Å². The van der Waals surface area contributed by atoms with Crippen molar-refractivity contribution in [2.45, 2.75) is 59.0 Å². The van der Waals surface area contributed by atoms with E-state index in [-0.39, 0.29) is 5.92 Å². The Balaban J connectivity index is 0.000000438. The van der Waals surface area contributed by atoms with Gasteiger partial charge in [-0.3, -0.25) is 0 Å².